The van der Waals surface area contributed by atoms with Crippen molar-refractivity contribution in [3.63, 3.8) is 0 Å². The van der Waals surface area contributed by atoms with Gasteiger partial charge in [-0.1, -0.05) is 24.3 Å². The highest BCUT2D eigenvalue weighted by molar-refractivity contribution is 6.04. The van der Waals surface area contributed by atoms with Crippen LogP contribution in [-0.2, 0) is 16.1 Å². The Hall–Kier alpha value is -3.61. The summed E-state index contributed by atoms with van der Waals surface area (Å²) in [5.74, 6) is 0.220. The van der Waals surface area contributed by atoms with Crippen LogP contribution in [0.2, 0.25) is 0 Å². The number of aryl methyl sites for hydroxylation is 1. The molecule has 3 aromatic rings. The van der Waals surface area contributed by atoms with Crippen LogP contribution >= 0.6 is 0 Å². The van der Waals surface area contributed by atoms with Gasteiger partial charge in [-0.05, 0) is 43.7 Å². The van der Waals surface area contributed by atoms with Crippen molar-refractivity contribution in [2.75, 3.05) is 14.2 Å². The minimum Gasteiger partial charge on any atom is -0.493 e. The van der Waals surface area contributed by atoms with Gasteiger partial charge < -0.3 is 19.5 Å². The topological polar surface area (TPSA) is 86.8 Å². The summed E-state index contributed by atoms with van der Waals surface area (Å²) in [7, 11) is 3.11. The van der Waals surface area contributed by atoms with Crippen LogP contribution < -0.4 is 14.8 Å². The third kappa shape index (κ3) is 4.68. The molecule has 7 nitrogen and oxygen atoms in total. The smallest absolute Gasteiger partial charge is 0.339 e. The fourth-order valence-electron chi connectivity index (χ4n) is 3.08. The minimum absolute atomic E-state index is 0.262. The molecular weight excluding hydrogens is 384 g/mol. The molecule has 0 saturated carbocycles. The zero-order valence-electron chi connectivity index (χ0n) is 17.4. The fraction of sp³-hybridized carbons (Fsp3) is 0.261. The Bertz CT molecular complexity index is 1080. The Kier molecular flexibility index (Phi) is 6.51. The van der Waals surface area contributed by atoms with Crippen molar-refractivity contribution in [1.29, 1.82) is 0 Å². The first-order chi connectivity index (χ1) is 14.4. The van der Waals surface area contributed by atoms with Crippen molar-refractivity contribution in [2.45, 2.75) is 26.5 Å². The van der Waals surface area contributed by atoms with Crippen molar-refractivity contribution in [3.8, 4) is 11.5 Å². The van der Waals surface area contributed by atoms with Crippen LogP contribution in [0.1, 0.15) is 28.5 Å². The molecule has 30 heavy (non-hydrogen) atoms. The lowest BCUT2D eigenvalue weighted by atomic mass is 10.1. The second-order valence-electron chi connectivity index (χ2n) is 6.78. The van der Waals surface area contributed by atoms with Crippen molar-refractivity contribution in [3.05, 3.63) is 65.4 Å². The monoisotopic (exact) mass is 408 g/mol. The predicted molar refractivity (Wildman–Crippen MR) is 113 cm³/mol. The predicted octanol–water partition coefficient (Wildman–Crippen LogP) is 3.42. The van der Waals surface area contributed by atoms with E-state index in [9.17, 15) is 9.59 Å². The first-order valence-corrected chi connectivity index (χ1v) is 9.49. The molecule has 0 aliphatic rings. The zero-order chi connectivity index (χ0) is 21.7. The summed E-state index contributed by atoms with van der Waals surface area (Å²) in [4.78, 5) is 29.5. The van der Waals surface area contributed by atoms with Crippen molar-refractivity contribution in [1.82, 2.24) is 10.3 Å². The lowest BCUT2D eigenvalue weighted by Gasteiger charge is -2.15. The summed E-state index contributed by atoms with van der Waals surface area (Å²) < 4.78 is 15.9. The van der Waals surface area contributed by atoms with Crippen LogP contribution in [0.3, 0.4) is 0 Å². The fourth-order valence-corrected chi connectivity index (χ4v) is 3.08. The Balaban J connectivity index is 1.65. The third-order valence-electron chi connectivity index (χ3n) is 4.63. The molecule has 0 aliphatic carbocycles. The van der Waals surface area contributed by atoms with Crippen LogP contribution in [-0.4, -0.2) is 37.2 Å². The van der Waals surface area contributed by atoms with Gasteiger partial charge in [0.2, 0.25) is 0 Å². The number of carbonyl (C=O) groups is 2. The van der Waals surface area contributed by atoms with E-state index in [1.165, 1.54) is 6.92 Å². The van der Waals surface area contributed by atoms with Gasteiger partial charge in [0, 0.05) is 17.6 Å². The van der Waals surface area contributed by atoms with E-state index >= 15 is 0 Å². The molecule has 0 bridgehead atoms. The van der Waals surface area contributed by atoms with E-state index in [1.54, 1.807) is 38.5 Å². The maximum absolute atomic E-state index is 12.7. The van der Waals surface area contributed by atoms with Gasteiger partial charge in [-0.3, -0.25) is 9.78 Å². The third-order valence-corrected chi connectivity index (χ3v) is 4.63. The molecule has 156 valence electrons. The first-order valence-electron chi connectivity index (χ1n) is 9.49. The highest BCUT2D eigenvalue weighted by atomic mass is 16.5. The molecule has 0 saturated heterocycles. The van der Waals surface area contributed by atoms with Crippen LogP contribution in [0.25, 0.3) is 10.9 Å². The quantitative estimate of drug-likeness (QED) is 0.603. The normalized spacial score (nSPS) is 11.6. The van der Waals surface area contributed by atoms with Crippen molar-refractivity contribution < 1.29 is 23.8 Å². The number of benzene rings is 2. The number of hydrogen-bond acceptors (Lipinski definition) is 6. The van der Waals surface area contributed by atoms with Crippen molar-refractivity contribution in [2.24, 2.45) is 0 Å². The molecule has 1 heterocycles. The summed E-state index contributed by atoms with van der Waals surface area (Å²) in [5, 5.41) is 3.45. The number of pyridine rings is 1. The molecule has 2 aromatic carbocycles. The number of aromatic nitrogens is 1. The minimum atomic E-state index is -0.954. The van der Waals surface area contributed by atoms with E-state index in [4.69, 9.17) is 14.2 Å². The lowest BCUT2D eigenvalue weighted by Crippen LogP contribution is -2.35. The Morgan fingerprint density at radius 1 is 1.03 bits per heavy atom. The number of amides is 1. The number of carbonyl (C=O) groups excluding carboxylic acids is 2. The molecule has 0 fully saturated rings. The van der Waals surface area contributed by atoms with E-state index in [2.05, 4.69) is 10.3 Å². The molecule has 1 aromatic heterocycles. The van der Waals surface area contributed by atoms with Gasteiger partial charge in [0.05, 0.1) is 25.3 Å². The van der Waals surface area contributed by atoms with E-state index in [1.807, 2.05) is 31.2 Å². The average Bonchev–Trinajstić information content (AvgIpc) is 2.76. The number of fused-ring (bicyclic) bond motifs is 1. The number of hydrogen-bond donors (Lipinski definition) is 1. The molecule has 0 unspecified atom stereocenters. The number of methoxy groups -OCH3 is 2. The summed E-state index contributed by atoms with van der Waals surface area (Å²) in [6.07, 6.45) is -0.954. The highest BCUT2D eigenvalue weighted by Gasteiger charge is 2.21. The average molecular weight is 408 g/mol. The lowest BCUT2D eigenvalue weighted by molar-refractivity contribution is -0.129. The van der Waals surface area contributed by atoms with Gasteiger partial charge in [-0.25, -0.2) is 4.79 Å². The van der Waals surface area contributed by atoms with Crippen LogP contribution in [0.15, 0.2) is 48.5 Å². The van der Waals surface area contributed by atoms with Crippen LogP contribution in [0, 0.1) is 6.92 Å². The second kappa shape index (κ2) is 9.26. The molecule has 1 amide bonds. The largest absolute Gasteiger partial charge is 0.493 e. The summed E-state index contributed by atoms with van der Waals surface area (Å²) in [6.45, 7) is 3.61. The van der Waals surface area contributed by atoms with E-state index in [-0.39, 0.29) is 6.54 Å². The standard InChI is InChI=1S/C23H24N2O5/c1-14-11-18(17-7-5-6-8-19(17)25-14)23(27)30-15(2)22(26)24-13-16-9-10-20(28-3)21(12-16)29-4/h5-12,15H,13H2,1-4H3,(H,24,26)/t15-/m0/s1. The molecule has 1 N–H and O–H groups in total. The van der Waals surface area contributed by atoms with Gasteiger partial charge in [0.15, 0.2) is 17.6 Å². The summed E-state index contributed by atoms with van der Waals surface area (Å²) in [5.41, 5.74) is 2.62. The molecular formula is C23H24N2O5. The molecule has 0 radical (unpaired) electrons. The van der Waals surface area contributed by atoms with Gasteiger partial charge in [-0.2, -0.15) is 0 Å². The van der Waals surface area contributed by atoms with E-state index < -0.39 is 18.0 Å². The van der Waals surface area contributed by atoms with Crippen LogP contribution in [0.5, 0.6) is 11.5 Å². The van der Waals surface area contributed by atoms with E-state index in [0.29, 0.717) is 33.7 Å². The van der Waals surface area contributed by atoms with Crippen LogP contribution in [0.4, 0.5) is 0 Å². The maximum atomic E-state index is 12.7. The number of rotatable bonds is 7. The Morgan fingerprint density at radius 2 is 1.77 bits per heavy atom. The Labute approximate surface area is 175 Å². The molecule has 3 rings (SSSR count). The van der Waals surface area contributed by atoms with E-state index in [0.717, 1.165) is 5.56 Å². The van der Waals surface area contributed by atoms with Gasteiger partial charge in [0.1, 0.15) is 0 Å². The van der Waals surface area contributed by atoms with Gasteiger partial charge >= 0.3 is 5.97 Å². The summed E-state index contributed by atoms with van der Waals surface area (Å²) >= 11 is 0. The number of esters is 1. The SMILES string of the molecule is COc1ccc(CNC(=O)[C@H](C)OC(=O)c2cc(C)nc3ccccc23)cc1OC. The van der Waals surface area contributed by atoms with Crippen molar-refractivity contribution >= 4 is 22.8 Å². The van der Waals surface area contributed by atoms with Gasteiger partial charge in [0.25, 0.3) is 5.91 Å². The molecule has 1 atom stereocenters. The number of nitrogens with one attached hydrogen (secondary N) is 1. The second-order valence-corrected chi connectivity index (χ2v) is 6.78. The molecule has 7 heteroatoms. The number of ether oxygens (including phenoxy) is 3. The zero-order valence-corrected chi connectivity index (χ0v) is 17.4. The van der Waals surface area contributed by atoms with Gasteiger partial charge in [-0.15, -0.1) is 0 Å². The maximum Gasteiger partial charge on any atom is 0.339 e. The molecule has 0 aliphatic heterocycles. The Morgan fingerprint density at radius 3 is 2.50 bits per heavy atom. The number of para-hydroxylation sites is 1. The first kappa shape index (κ1) is 21.1. The summed E-state index contributed by atoms with van der Waals surface area (Å²) in [6, 6.07) is 14.4. The number of nitrogens with zero attached hydrogens (tertiary/aromatic N) is 1. The molecule has 0 spiro atoms. The highest BCUT2D eigenvalue weighted by Crippen LogP contribution is 2.27.